The van der Waals surface area contributed by atoms with Crippen LogP contribution in [0, 0.1) is 12.7 Å². The zero-order chi connectivity index (χ0) is 19.2. The van der Waals surface area contributed by atoms with Gasteiger partial charge in [-0.1, -0.05) is 0 Å². The Balaban J connectivity index is 2.28. The van der Waals surface area contributed by atoms with Gasteiger partial charge in [0.25, 0.3) is 5.56 Å². The molecule has 2 heterocycles. The number of rotatable bonds is 2. The van der Waals surface area contributed by atoms with Crippen LogP contribution >= 0.6 is 0 Å². The van der Waals surface area contributed by atoms with Gasteiger partial charge in [0.2, 0.25) is 5.78 Å². The minimum Gasteiger partial charge on any atom is -0.287 e. The van der Waals surface area contributed by atoms with E-state index in [1.54, 1.807) is 0 Å². The molecular weight excluding hydrogens is 345 g/mol. The zero-order valence-corrected chi connectivity index (χ0v) is 14.1. The average Bonchev–Trinajstić information content (AvgIpc) is 2.58. The van der Waals surface area contributed by atoms with E-state index in [0.717, 1.165) is 26.5 Å². The highest BCUT2D eigenvalue weighted by atomic mass is 19.1. The smallest absolute Gasteiger partial charge is 0.287 e. The summed E-state index contributed by atoms with van der Waals surface area (Å²) in [6.07, 6.45) is 1.12. The molecule has 3 rings (SSSR count). The monoisotopic (exact) mass is 359 g/mol. The van der Waals surface area contributed by atoms with Gasteiger partial charge in [-0.15, -0.1) is 0 Å². The molecule has 10 heteroatoms. The van der Waals surface area contributed by atoms with Crippen molar-refractivity contribution in [2.45, 2.75) is 12.8 Å². The highest BCUT2D eigenvalue weighted by Gasteiger charge is 2.35. The van der Waals surface area contributed by atoms with Crippen molar-refractivity contribution in [1.82, 2.24) is 19.4 Å². The van der Waals surface area contributed by atoms with Crippen LogP contribution in [0.15, 0.2) is 32.9 Å². The molecule has 134 valence electrons. The number of aromatic nitrogens is 3. The first-order valence-electron chi connectivity index (χ1n) is 7.55. The molecular formula is C16H14FN5O4. The van der Waals surface area contributed by atoms with Gasteiger partial charge >= 0.3 is 11.6 Å². The third kappa shape index (κ3) is 2.65. The summed E-state index contributed by atoms with van der Waals surface area (Å²) in [5.41, 5.74) is -1.45. The second kappa shape index (κ2) is 6.14. The molecule has 0 saturated carbocycles. The molecule has 1 aliphatic heterocycles. The van der Waals surface area contributed by atoms with Crippen LogP contribution in [0.3, 0.4) is 0 Å². The number of hydrogen-bond acceptors (Lipinski definition) is 6. The van der Waals surface area contributed by atoms with E-state index in [9.17, 15) is 23.6 Å². The standard InChI is InChI=1S/C16H14FN5O4/c1-8-6-9(17)4-5-11(8)22-14(24)12(19-21(3)16(22)26)10-7-18-20(2)15(25)13(10)23/h4-7,10H,1-3H3. The van der Waals surface area contributed by atoms with Crippen molar-refractivity contribution in [3.05, 3.63) is 56.1 Å². The maximum Gasteiger partial charge on any atom is 0.351 e. The number of ketones is 1. The fourth-order valence-corrected chi connectivity index (χ4v) is 2.64. The van der Waals surface area contributed by atoms with E-state index in [1.165, 1.54) is 33.2 Å². The first-order chi connectivity index (χ1) is 12.2. The number of aryl methyl sites for hydroxylation is 2. The van der Waals surface area contributed by atoms with Gasteiger partial charge in [0.05, 0.1) is 5.69 Å². The molecule has 2 aromatic rings. The Morgan fingerprint density at radius 1 is 1.12 bits per heavy atom. The Labute approximate surface area is 146 Å². The van der Waals surface area contributed by atoms with Crippen LogP contribution in [-0.4, -0.2) is 44.3 Å². The molecule has 1 unspecified atom stereocenters. The fraction of sp³-hybridized carbons (Fsp3) is 0.250. The molecule has 1 atom stereocenters. The first-order valence-corrected chi connectivity index (χ1v) is 7.55. The van der Waals surface area contributed by atoms with Crippen molar-refractivity contribution in [2.75, 3.05) is 7.05 Å². The molecule has 0 bridgehead atoms. The minimum absolute atomic E-state index is 0.157. The van der Waals surface area contributed by atoms with E-state index >= 15 is 0 Å². The molecule has 0 radical (unpaired) electrons. The molecule has 0 aliphatic carbocycles. The van der Waals surface area contributed by atoms with Crippen LogP contribution in [0.25, 0.3) is 5.69 Å². The Morgan fingerprint density at radius 3 is 2.46 bits per heavy atom. The minimum atomic E-state index is -1.30. The van der Waals surface area contributed by atoms with E-state index in [0.29, 0.717) is 5.56 Å². The number of hydrogen-bond donors (Lipinski definition) is 0. The van der Waals surface area contributed by atoms with Crippen LogP contribution < -0.4 is 11.2 Å². The summed E-state index contributed by atoms with van der Waals surface area (Å²) in [4.78, 5) is 49.4. The molecule has 0 fully saturated rings. The highest BCUT2D eigenvalue weighted by molar-refractivity contribution is 6.42. The second-order valence-electron chi connectivity index (χ2n) is 5.80. The van der Waals surface area contributed by atoms with Gasteiger partial charge in [0, 0.05) is 20.3 Å². The van der Waals surface area contributed by atoms with E-state index in [-0.39, 0.29) is 11.4 Å². The summed E-state index contributed by atoms with van der Waals surface area (Å²) in [5.74, 6) is -3.59. The molecule has 1 aliphatic rings. The average molecular weight is 359 g/mol. The normalized spacial score (nSPS) is 17.1. The molecule has 26 heavy (non-hydrogen) atoms. The molecule has 1 aromatic heterocycles. The van der Waals surface area contributed by atoms with Gasteiger partial charge < -0.3 is 0 Å². The highest BCUT2D eigenvalue weighted by Crippen LogP contribution is 2.16. The Bertz CT molecular complexity index is 1090. The molecule has 0 saturated heterocycles. The summed E-state index contributed by atoms with van der Waals surface area (Å²) in [5, 5.41) is 8.46. The third-order valence-electron chi connectivity index (χ3n) is 4.02. The Hall–Kier alpha value is -3.43. The Morgan fingerprint density at radius 2 is 1.81 bits per heavy atom. The number of hydrazone groups is 1. The van der Waals surface area contributed by atoms with E-state index < -0.39 is 34.7 Å². The quantitative estimate of drug-likeness (QED) is 0.671. The van der Waals surface area contributed by atoms with Gasteiger partial charge in [-0.3, -0.25) is 14.4 Å². The number of likely N-dealkylation sites (N-methyl/N-ethyl adjacent to an activating group) is 1. The van der Waals surface area contributed by atoms with Crippen molar-refractivity contribution < 1.29 is 14.0 Å². The van der Waals surface area contributed by atoms with Gasteiger partial charge in [-0.2, -0.15) is 10.2 Å². The number of carbonyl (C=O) groups excluding carboxylic acids is 2. The lowest BCUT2D eigenvalue weighted by molar-refractivity contribution is -0.144. The number of amides is 1. The van der Waals surface area contributed by atoms with Crippen molar-refractivity contribution in [2.24, 2.45) is 12.1 Å². The van der Waals surface area contributed by atoms with E-state index in [4.69, 9.17) is 0 Å². The summed E-state index contributed by atoms with van der Waals surface area (Å²) < 4.78 is 15.0. The number of Topliss-reactive ketones (excluding diaryl/α,β-unsaturated/α-hetero) is 1. The molecule has 9 nitrogen and oxygen atoms in total. The lowest BCUT2D eigenvalue weighted by atomic mass is 10.00. The molecule has 0 N–H and O–H groups in total. The molecule has 1 aromatic carbocycles. The fourth-order valence-electron chi connectivity index (χ4n) is 2.64. The largest absolute Gasteiger partial charge is 0.351 e. The molecule has 0 spiro atoms. The zero-order valence-electron chi connectivity index (χ0n) is 14.1. The SMILES string of the molecule is Cc1cc(F)ccc1-n1c(=O)c(C2C=NN(C)C(=O)C2=O)nn(C)c1=O. The second-order valence-corrected chi connectivity index (χ2v) is 5.80. The summed E-state index contributed by atoms with van der Waals surface area (Å²) in [7, 11) is 2.61. The van der Waals surface area contributed by atoms with E-state index in [1.807, 2.05) is 0 Å². The van der Waals surface area contributed by atoms with Gasteiger partial charge in [0.1, 0.15) is 17.4 Å². The van der Waals surface area contributed by atoms with Crippen molar-refractivity contribution in [1.29, 1.82) is 0 Å². The van der Waals surface area contributed by atoms with Crippen LogP contribution in [0.5, 0.6) is 0 Å². The maximum atomic E-state index is 13.4. The van der Waals surface area contributed by atoms with Crippen LogP contribution in [-0.2, 0) is 16.6 Å². The maximum absolute atomic E-state index is 13.4. The number of benzene rings is 1. The number of halogens is 1. The lowest BCUT2D eigenvalue weighted by Gasteiger charge is -2.20. The number of nitrogens with zero attached hydrogens (tertiary/aromatic N) is 5. The predicted molar refractivity (Wildman–Crippen MR) is 88.8 cm³/mol. The van der Waals surface area contributed by atoms with Crippen molar-refractivity contribution in [3.8, 4) is 5.69 Å². The summed E-state index contributed by atoms with van der Waals surface area (Å²) >= 11 is 0. The Kier molecular flexibility index (Phi) is 4.10. The predicted octanol–water partition coefficient (Wildman–Crippen LogP) is -0.511. The van der Waals surface area contributed by atoms with Gasteiger partial charge in [-0.25, -0.2) is 23.4 Å². The van der Waals surface area contributed by atoms with Crippen molar-refractivity contribution >= 4 is 17.9 Å². The molecule has 1 amide bonds. The van der Waals surface area contributed by atoms with Gasteiger partial charge in [-0.05, 0) is 30.7 Å². The lowest BCUT2D eigenvalue weighted by Crippen LogP contribution is -2.46. The number of carbonyl (C=O) groups is 2. The first kappa shape index (κ1) is 17.4. The van der Waals surface area contributed by atoms with Crippen LogP contribution in [0.1, 0.15) is 17.2 Å². The van der Waals surface area contributed by atoms with Crippen LogP contribution in [0.4, 0.5) is 4.39 Å². The van der Waals surface area contributed by atoms with E-state index in [2.05, 4.69) is 10.2 Å². The summed E-state index contributed by atoms with van der Waals surface area (Å²) in [6, 6.07) is 3.57. The third-order valence-corrected chi connectivity index (χ3v) is 4.02. The summed E-state index contributed by atoms with van der Waals surface area (Å²) in [6.45, 7) is 1.54. The topological polar surface area (TPSA) is 107 Å². The van der Waals surface area contributed by atoms with Gasteiger partial charge in [0.15, 0.2) is 0 Å². The van der Waals surface area contributed by atoms with Crippen LogP contribution in [0.2, 0.25) is 0 Å². The van der Waals surface area contributed by atoms with Crippen molar-refractivity contribution in [3.63, 3.8) is 0 Å².